The molecular weight excluding hydrogens is 148 g/mol. The predicted molar refractivity (Wildman–Crippen MR) is 49.0 cm³/mol. The van der Waals surface area contributed by atoms with Gasteiger partial charge in [-0.3, -0.25) is 4.79 Å². The van der Waals surface area contributed by atoms with E-state index >= 15 is 0 Å². The van der Waals surface area contributed by atoms with Gasteiger partial charge in [0.15, 0.2) is 5.78 Å². The number of ketones is 1. The van der Waals surface area contributed by atoms with Crippen LogP contribution in [0.5, 0.6) is 0 Å². The average Bonchev–Trinajstić information content (AvgIpc) is 2.87. The first kappa shape index (κ1) is 7.29. The van der Waals surface area contributed by atoms with Crippen molar-refractivity contribution in [2.24, 2.45) is 0 Å². The van der Waals surface area contributed by atoms with Gasteiger partial charge >= 0.3 is 0 Å². The molecule has 1 heteroatoms. The van der Waals surface area contributed by atoms with Gasteiger partial charge in [-0.25, -0.2) is 0 Å². The summed E-state index contributed by atoms with van der Waals surface area (Å²) in [5, 5.41) is 0. The molecule has 0 atom stereocenters. The molecule has 1 aliphatic carbocycles. The minimum absolute atomic E-state index is 0.131. The SMILES string of the molecule is CC(=O)c1ccc(C2=CC2)cc1. The summed E-state index contributed by atoms with van der Waals surface area (Å²) in [6.07, 6.45) is 3.29. The van der Waals surface area contributed by atoms with Crippen LogP contribution >= 0.6 is 0 Å². The van der Waals surface area contributed by atoms with Crippen LogP contribution in [0.15, 0.2) is 30.3 Å². The molecule has 0 saturated heterocycles. The Morgan fingerprint density at radius 3 is 2.25 bits per heavy atom. The smallest absolute Gasteiger partial charge is 0.159 e. The summed E-state index contributed by atoms with van der Waals surface area (Å²) < 4.78 is 0. The van der Waals surface area contributed by atoms with Crippen LogP contribution < -0.4 is 0 Å². The van der Waals surface area contributed by atoms with E-state index in [2.05, 4.69) is 6.08 Å². The number of hydrogen-bond acceptors (Lipinski definition) is 1. The molecule has 0 heterocycles. The highest BCUT2D eigenvalue weighted by Crippen LogP contribution is 2.30. The third-order valence-corrected chi connectivity index (χ3v) is 2.07. The lowest BCUT2D eigenvalue weighted by Crippen LogP contribution is -1.90. The minimum atomic E-state index is 0.131. The second kappa shape index (κ2) is 2.59. The maximum absolute atomic E-state index is 10.9. The van der Waals surface area contributed by atoms with Crippen molar-refractivity contribution in [3.63, 3.8) is 0 Å². The van der Waals surface area contributed by atoms with Crippen molar-refractivity contribution in [2.75, 3.05) is 0 Å². The molecular formula is C11H10O. The van der Waals surface area contributed by atoms with E-state index in [9.17, 15) is 4.79 Å². The quantitative estimate of drug-likeness (QED) is 0.605. The van der Waals surface area contributed by atoms with Crippen molar-refractivity contribution in [3.8, 4) is 0 Å². The Morgan fingerprint density at radius 2 is 1.83 bits per heavy atom. The number of benzene rings is 1. The highest BCUT2D eigenvalue weighted by molar-refractivity contribution is 5.94. The van der Waals surface area contributed by atoms with Crippen molar-refractivity contribution in [3.05, 3.63) is 41.5 Å². The normalized spacial score (nSPS) is 13.9. The molecule has 0 fully saturated rings. The summed E-state index contributed by atoms with van der Waals surface area (Å²) in [7, 11) is 0. The lowest BCUT2D eigenvalue weighted by Gasteiger charge is -1.96. The molecule has 1 aromatic carbocycles. The third kappa shape index (κ3) is 1.30. The van der Waals surface area contributed by atoms with Gasteiger partial charge in [0, 0.05) is 5.56 Å². The summed E-state index contributed by atoms with van der Waals surface area (Å²) in [6.45, 7) is 1.59. The Kier molecular flexibility index (Phi) is 1.58. The van der Waals surface area contributed by atoms with E-state index in [0.717, 1.165) is 12.0 Å². The second-order valence-corrected chi connectivity index (χ2v) is 3.07. The zero-order valence-corrected chi connectivity index (χ0v) is 7.00. The lowest BCUT2D eigenvalue weighted by atomic mass is 10.1. The maximum atomic E-state index is 10.9. The van der Waals surface area contributed by atoms with E-state index in [1.165, 1.54) is 11.1 Å². The zero-order valence-electron chi connectivity index (χ0n) is 7.00. The van der Waals surface area contributed by atoms with Crippen LogP contribution in [0.2, 0.25) is 0 Å². The fourth-order valence-corrected chi connectivity index (χ4v) is 1.21. The zero-order chi connectivity index (χ0) is 8.55. The Labute approximate surface area is 71.7 Å². The summed E-state index contributed by atoms with van der Waals surface area (Å²) >= 11 is 0. The molecule has 60 valence electrons. The van der Waals surface area contributed by atoms with Gasteiger partial charge in [-0.15, -0.1) is 0 Å². The van der Waals surface area contributed by atoms with Crippen LogP contribution in [0.25, 0.3) is 5.57 Å². The Balaban J connectivity index is 2.30. The number of carbonyl (C=O) groups is 1. The molecule has 0 unspecified atom stereocenters. The first-order chi connectivity index (χ1) is 5.77. The lowest BCUT2D eigenvalue weighted by molar-refractivity contribution is 0.101. The number of Topliss-reactive ketones (excluding diaryl/α,β-unsaturated/α-hetero) is 1. The van der Waals surface area contributed by atoms with E-state index in [1.807, 2.05) is 24.3 Å². The van der Waals surface area contributed by atoms with E-state index in [4.69, 9.17) is 0 Å². The number of rotatable bonds is 2. The summed E-state index contributed by atoms with van der Waals surface area (Å²) in [5.41, 5.74) is 3.44. The van der Waals surface area contributed by atoms with Gasteiger partial charge in [0.25, 0.3) is 0 Å². The van der Waals surface area contributed by atoms with Crippen molar-refractivity contribution >= 4 is 11.4 Å². The van der Waals surface area contributed by atoms with Crippen LogP contribution in [0, 0.1) is 0 Å². The molecule has 2 rings (SSSR count). The highest BCUT2D eigenvalue weighted by Gasteiger charge is 2.09. The number of allylic oxidation sites excluding steroid dienone is 2. The van der Waals surface area contributed by atoms with Crippen LogP contribution in [0.3, 0.4) is 0 Å². The van der Waals surface area contributed by atoms with Gasteiger partial charge in [-0.1, -0.05) is 30.3 Å². The monoisotopic (exact) mass is 158 g/mol. The molecule has 0 bridgehead atoms. The van der Waals surface area contributed by atoms with Crippen LogP contribution in [0.4, 0.5) is 0 Å². The molecule has 0 aromatic heterocycles. The van der Waals surface area contributed by atoms with E-state index < -0.39 is 0 Å². The highest BCUT2D eigenvalue weighted by atomic mass is 16.1. The second-order valence-electron chi connectivity index (χ2n) is 3.07. The Bertz CT molecular complexity index is 323. The largest absolute Gasteiger partial charge is 0.295 e. The molecule has 1 nitrogen and oxygen atoms in total. The molecule has 0 N–H and O–H groups in total. The Morgan fingerprint density at radius 1 is 1.25 bits per heavy atom. The fraction of sp³-hybridized carbons (Fsp3) is 0.182. The van der Waals surface area contributed by atoms with E-state index in [1.54, 1.807) is 6.92 Å². The first-order valence-corrected chi connectivity index (χ1v) is 4.08. The average molecular weight is 158 g/mol. The molecule has 0 saturated carbocycles. The molecule has 0 radical (unpaired) electrons. The van der Waals surface area contributed by atoms with Gasteiger partial charge in [-0.2, -0.15) is 0 Å². The third-order valence-electron chi connectivity index (χ3n) is 2.07. The maximum Gasteiger partial charge on any atom is 0.159 e. The molecule has 0 amide bonds. The van der Waals surface area contributed by atoms with Gasteiger partial charge < -0.3 is 0 Å². The summed E-state index contributed by atoms with van der Waals surface area (Å²) in [6, 6.07) is 7.79. The molecule has 0 aliphatic heterocycles. The predicted octanol–water partition coefficient (Wildman–Crippen LogP) is 2.68. The van der Waals surface area contributed by atoms with Crippen molar-refractivity contribution < 1.29 is 4.79 Å². The summed E-state index contributed by atoms with van der Waals surface area (Å²) in [5.74, 6) is 0.131. The van der Waals surface area contributed by atoms with Crippen molar-refractivity contribution in [1.82, 2.24) is 0 Å². The van der Waals surface area contributed by atoms with Gasteiger partial charge in [-0.05, 0) is 24.5 Å². The van der Waals surface area contributed by atoms with Gasteiger partial charge in [0.1, 0.15) is 0 Å². The minimum Gasteiger partial charge on any atom is -0.295 e. The number of carbonyl (C=O) groups excluding carboxylic acids is 1. The number of hydrogen-bond donors (Lipinski definition) is 0. The van der Waals surface area contributed by atoms with Crippen LogP contribution in [0.1, 0.15) is 29.3 Å². The standard InChI is InChI=1S/C11H10O/c1-8(12)9-2-4-10(5-3-9)11-6-7-11/h2-6H,7H2,1H3. The molecule has 12 heavy (non-hydrogen) atoms. The van der Waals surface area contributed by atoms with Gasteiger partial charge in [0.2, 0.25) is 0 Å². The van der Waals surface area contributed by atoms with Gasteiger partial charge in [0.05, 0.1) is 0 Å². The van der Waals surface area contributed by atoms with Crippen LogP contribution in [-0.4, -0.2) is 5.78 Å². The Hall–Kier alpha value is -1.37. The van der Waals surface area contributed by atoms with Crippen LogP contribution in [-0.2, 0) is 0 Å². The first-order valence-electron chi connectivity index (χ1n) is 4.08. The molecule has 1 aromatic rings. The fourth-order valence-electron chi connectivity index (χ4n) is 1.21. The topological polar surface area (TPSA) is 17.1 Å². The molecule has 1 aliphatic rings. The van der Waals surface area contributed by atoms with E-state index in [-0.39, 0.29) is 5.78 Å². The van der Waals surface area contributed by atoms with E-state index in [0.29, 0.717) is 0 Å². The van der Waals surface area contributed by atoms with Crippen molar-refractivity contribution in [2.45, 2.75) is 13.3 Å². The van der Waals surface area contributed by atoms with Crippen molar-refractivity contribution in [1.29, 1.82) is 0 Å². The molecule has 0 spiro atoms. The summed E-state index contributed by atoms with van der Waals surface area (Å²) in [4.78, 5) is 10.9.